The number of benzene rings is 1. The van der Waals surface area contributed by atoms with Crippen molar-refractivity contribution in [3.05, 3.63) is 34.9 Å². The molecule has 82 valence electrons. The summed E-state index contributed by atoms with van der Waals surface area (Å²) >= 11 is 0. The highest BCUT2D eigenvalue weighted by Crippen LogP contribution is 2.42. The van der Waals surface area contributed by atoms with Crippen LogP contribution in [0.2, 0.25) is 0 Å². The number of rotatable bonds is 2. The molecule has 0 aromatic heterocycles. The minimum Gasteiger partial charge on any atom is -0.330 e. The molecule has 1 saturated carbocycles. The lowest BCUT2D eigenvalue weighted by Gasteiger charge is -2.31. The Labute approximate surface area is 92.7 Å². The summed E-state index contributed by atoms with van der Waals surface area (Å²) in [5.41, 5.74) is 10.7. The average Bonchev–Trinajstić information content (AvgIpc) is 2.67. The molecule has 0 spiro atoms. The number of hydrogen-bond donors (Lipinski definition) is 1. The zero-order valence-corrected chi connectivity index (χ0v) is 9.84. The number of hydrogen-bond acceptors (Lipinski definition) is 1. The minimum atomic E-state index is 0.287. The Kier molecular flexibility index (Phi) is 2.83. The van der Waals surface area contributed by atoms with Gasteiger partial charge in [-0.15, -0.1) is 0 Å². The largest absolute Gasteiger partial charge is 0.330 e. The van der Waals surface area contributed by atoms with Gasteiger partial charge in [-0.25, -0.2) is 0 Å². The highest BCUT2D eigenvalue weighted by molar-refractivity contribution is 5.41. The van der Waals surface area contributed by atoms with E-state index < -0.39 is 0 Å². The minimum absolute atomic E-state index is 0.287. The number of nitrogens with two attached hydrogens (primary N) is 1. The van der Waals surface area contributed by atoms with Crippen LogP contribution in [0.4, 0.5) is 0 Å². The molecular formula is C14H21N. The van der Waals surface area contributed by atoms with Crippen LogP contribution >= 0.6 is 0 Å². The van der Waals surface area contributed by atoms with Gasteiger partial charge in [0, 0.05) is 12.0 Å². The molecule has 1 fully saturated rings. The summed E-state index contributed by atoms with van der Waals surface area (Å²) < 4.78 is 0. The van der Waals surface area contributed by atoms with E-state index in [0.29, 0.717) is 0 Å². The zero-order chi connectivity index (χ0) is 10.9. The van der Waals surface area contributed by atoms with Gasteiger partial charge in [0.2, 0.25) is 0 Å². The SMILES string of the molecule is Cc1cccc(C)c1C1(CN)CCCC1. The molecule has 2 N–H and O–H groups in total. The fraction of sp³-hybridized carbons (Fsp3) is 0.571. The van der Waals surface area contributed by atoms with Crippen LogP contribution in [0.1, 0.15) is 42.4 Å². The van der Waals surface area contributed by atoms with Crippen LogP contribution in [0.25, 0.3) is 0 Å². The maximum absolute atomic E-state index is 6.04. The quantitative estimate of drug-likeness (QED) is 0.785. The van der Waals surface area contributed by atoms with Crippen molar-refractivity contribution in [3.8, 4) is 0 Å². The molecule has 0 bridgehead atoms. The molecule has 1 aromatic rings. The van der Waals surface area contributed by atoms with Crippen molar-refractivity contribution in [1.82, 2.24) is 0 Å². The Balaban J connectivity index is 2.51. The second-order valence-corrected chi connectivity index (χ2v) is 4.96. The molecule has 0 unspecified atom stereocenters. The van der Waals surface area contributed by atoms with E-state index in [4.69, 9.17) is 5.73 Å². The molecular weight excluding hydrogens is 182 g/mol. The van der Waals surface area contributed by atoms with Crippen LogP contribution < -0.4 is 5.73 Å². The van der Waals surface area contributed by atoms with E-state index in [1.807, 2.05) is 0 Å². The Morgan fingerprint density at radius 2 is 1.67 bits per heavy atom. The predicted molar refractivity (Wildman–Crippen MR) is 65.1 cm³/mol. The van der Waals surface area contributed by atoms with Crippen molar-refractivity contribution in [2.24, 2.45) is 5.73 Å². The van der Waals surface area contributed by atoms with Crippen molar-refractivity contribution in [2.45, 2.75) is 44.9 Å². The maximum atomic E-state index is 6.04. The highest BCUT2D eigenvalue weighted by Gasteiger charge is 2.36. The second kappa shape index (κ2) is 3.97. The second-order valence-electron chi connectivity index (χ2n) is 4.96. The van der Waals surface area contributed by atoms with Crippen LogP contribution in [0.15, 0.2) is 18.2 Å². The lowest BCUT2D eigenvalue weighted by Crippen LogP contribution is -2.33. The Morgan fingerprint density at radius 3 is 2.13 bits per heavy atom. The molecule has 1 aromatic carbocycles. The predicted octanol–water partition coefficient (Wildman–Crippen LogP) is 3.07. The van der Waals surface area contributed by atoms with Gasteiger partial charge >= 0.3 is 0 Å². The Morgan fingerprint density at radius 1 is 1.13 bits per heavy atom. The van der Waals surface area contributed by atoms with Crippen molar-refractivity contribution < 1.29 is 0 Å². The molecule has 2 rings (SSSR count). The third-order valence-corrected chi connectivity index (χ3v) is 3.96. The molecule has 0 radical (unpaired) electrons. The first-order chi connectivity index (χ1) is 7.19. The molecule has 0 aliphatic heterocycles. The van der Waals surface area contributed by atoms with Crippen LogP contribution in [0.5, 0.6) is 0 Å². The van der Waals surface area contributed by atoms with Crippen LogP contribution in [-0.4, -0.2) is 6.54 Å². The Bertz CT molecular complexity index is 328. The smallest absolute Gasteiger partial charge is 0.00808 e. The molecule has 0 atom stereocenters. The van der Waals surface area contributed by atoms with Gasteiger partial charge in [-0.3, -0.25) is 0 Å². The summed E-state index contributed by atoms with van der Waals surface area (Å²) in [6.45, 7) is 5.24. The number of aryl methyl sites for hydroxylation is 2. The van der Waals surface area contributed by atoms with Crippen molar-refractivity contribution >= 4 is 0 Å². The summed E-state index contributed by atoms with van der Waals surface area (Å²) in [4.78, 5) is 0. The van der Waals surface area contributed by atoms with Crippen molar-refractivity contribution in [3.63, 3.8) is 0 Å². The topological polar surface area (TPSA) is 26.0 Å². The summed E-state index contributed by atoms with van der Waals surface area (Å²) in [7, 11) is 0. The van der Waals surface area contributed by atoms with E-state index in [1.54, 1.807) is 0 Å². The van der Waals surface area contributed by atoms with Crippen LogP contribution in [0.3, 0.4) is 0 Å². The van der Waals surface area contributed by atoms with E-state index >= 15 is 0 Å². The first-order valence-electron chi connectivity index (χ1n) is 5.96. The van der Waals surface area contributed by atoms with Gasteiger partial charge in [-0.1, -0.05) is 31.0 Å². The molecule has 0 saturated heterocycles. The van der Waals surface area contributed by atoms with Crippen molar-refractivity contribution in [1.29, 1.82) is 0 Å². The summed E-state index contributed by atoms with van der Waals surface area (Å²) in [5.74, 6) is 0. The van der Waals surface area contributed by atoms with Gasteiger partial charge in [0.1, 0.15) is 0 Å². The third-order valence-electron chi connectivity index (χ3n) is 3.96. The zero-order valence-electron chi connectivity index (χ0n) is 9.84. The maximum Gasteiger partial charge on any atom is 0.00808 e. The molecule has 15 heavy (non-hydrogen) atoms. The van der Waals surface area contributed by atoms with Crippen LogP contribution in [0, 0.1) is 13.8 Å². The summed E-state index contributed by atoms with van der Waals surface area (Å²) in [5, 5.41) is 0. The van der Waals surface area contributed by atoms with Crippen molar-refractivity contribution in [2.75, 3.05) is 6.54 Å². The van der Waals surface area contributed by atoms with E-state index in [-0.39, 0.29) is 5.41 Å². The van der Waals surface area contributed by atoms with Crippen LogP contribution in [-0.2, 0) is 5.41 Å². The average molecular weight is 203 g/mol. The molecule has 1 aliphatic rings. The van der Waals surface area contributed by atoms with E-state index in [1.165, 1.54) is 42.4 Å². The lowest BCUT2D eigenvalue weighted by atomic mass is 9.75. The van der Waals surface area contributed by atoms with E-state index in [2.05, 4.69) is 32.0 Å². The summed E-state index contributed by atoms with van der Waals surface area (Å²) in [6, 6.07) is 6.59. The molecule has 0 heterocycles. The normalized spacial score (nSPS) is 19.4. The van der Waals surface area contributed by atoms with E-state index in [9.17, 15) is 0 Å². The van der Waals surface area contributed by atoms with Gasteiger partial charge in [0.15, 0.2) is 0 Å². The molecule has 0 amide bonds. The molecule has 1 nitrogen and oxygen atoms in total. The standard InChI is InChI=1S/C14H21N/c1-11-6-5-7-12(2)13(11)14(10-15)8-3-4-9-14/h5-7H,3-4,8-10,15H2,1-2H3. The third kappa shape index (κ3) is 1.69. The molecule has 1 aliphatic carbocycles. The van der Waals surface area contributed by atoms with Gasteiger partial charge in [0.25, 0.3) is 0 Å². The van der Waals surface area contributed by atoms with Gasteiger partial charge in [-0.05, 0) is 43.4 Å². The lowest BCUT2D eigenvalue weighted by molar-refractivity contribution is 0.448. The van der Waals surface area contributed by atoms with Gasteiger partial charge in [-0.2, -0.15) is 0 Å². The monoisotopic (exact) mass is 203 g/mol. The Hall–Kier alpha value is -0.820. The first-order valence-corrected chi connectivity index (χ1v) is 5.96. The van der Waals surface area contributed by atoms with Gasteiger partial charge in [0.05, 0.1) is 0 Å². The first kappa shape index (κ1) is 10.7. The fourth-order valence-electron chi connectivity index (χ4n) is 3.26. The van der Waals surface area contributed by atoms with Gasteiger partial charge < -0.3 is 5.73 Å². The molecule has 1 heteroatoms. The fourth-order valence-corrected chi connectivity index (χ4v) is 3.26. The highest BCUT2D eigenvalue weighted by atomic mass is 14.6. The summed E-state index contributed by atoms with van der Waals surface area (Å²) in [6.07, 6.45) is 5.22. The van der Waals surface area contributed by atoms with E-state index in [0.717, 1.165) is 6.54 Å².